The number of amides is 6. The summed E-state index contributed by atoms with van der Waals surface area (Å²) in [5, 5.41) is 17.6. The number of benzene rings is 3. The lowest BCUT2D eigenvalue weighted by Crippen LogP contribution is -2.54. The highest BCUT2D eigenvalue weighted by Crippen LogP contribution is 2.38. The summed E-state index contributed by atoms with van der Waals surface area (Å²) in [4.78, 5) is 89.4. The van der Waals surface area contributed by atoms with E-state index in [1.807, 2.05) is 36.4 Å². The van der Waals surface area contributed by atoms with Crippen molar-refractivity contribution in [2.24, 2.45) is 5.92 Å². The maximum atomic E-state index is 14.4. The Hall–Kier alpha value is -6.30. The van der Waals surface area contributed by atoms with Crippen molar-refractivity contribution in [3.63, 3.8) is 0 Å². The lowest BCUT2D eigenvalue weighted by molar-refractivity contribution is -0.136. The Labute approximate surface area is 366 Å². The third-order valence-electron chi connectivity index (χ3n) is 12.7. The summed E-state index contributed by atoms with van der Waals surface area (Å²) >= 11 is 1.20. The van der Waals surface area contributed by atoms with E-state index < -0.39 is 53.3 Å². The van der Waals surface area contributed by atoms with Gasteiger partial charge in [0.25, 0.3) is 23.6 Å². The van der Waals surface area contributed by atoms with Crippen molar-refractivity contribution < 1.29 is 43.0 Å². The molecule has 0 spiro atoms. The zero-order valence-electron chi connectivity index (χ0n) is 34.3. The normalized spacial score (nSPS) is 20.4. The molecule has 2 unspecified atom stereocenters. The SMILES string of the molecule is O=C1CCC(N2C(=O)c3ccc(N4CCC(CN5CCC(OC/C=C/c6cccc7c6C(=O)N(C(C(=O)Nc6nccs6)c6cc(F)ccc6O)C7)CC5)CC4)cc3C2=O)C(=O)N1. The molecule has 15 nitrogen and oxygen atoms in total. The fraction of sp³-hybridized carbons (Fsp3) is 0.370. The Balaban J connectivity index is 0.744. The molecule has 4 aromatic rings. The second-order valence-corrected chi connectivity index (χ2v) is 17.5. The van der Waals surface area contributed by atoms with E-state index in [1.54, 1.807) is 17.5 Å². The van der Waals surface area contributed by atoms with E-state index >= 15 is 0 Å². The number of likely N-dealkylation sites (tertiary alicyclic amines) is 1. The molecule has 3 fully saturated rings. The first kappa shape index (κ1) is 42.0. The Morgan fingerprint density at radius 2 is 1.75 bits per heavy atom. The van der Waals surface area contributed by atoms with E-state index in [0.29, 0.717) is 39.9 Å². The number of imide groups is 2. The average Bonchev–Trinajstić information content (AvgIpc) is 3.98. The monoisotopic (exact) mass is 875 g/mol. The predicted molar refractivity (Wildman–Crippen MR) is 230 cm³/mol. The first-order chi connectivity index (χ1) is 30.5. The van der Waals surface area contributed by atoms with Gasteiger partial charge in [-0.1, -0.05) is 30.4 Å². The van der Waals surface area contributed by atoms with Gasteiger partial charge in [-0.2, -0.15) is 0 Å². The van der Waals surface area contributed by atoms with Gasteiger partial charge in [0, 0.05) is 68.5 Å². The van der Waals surface area contributed by atoms with Crippen molar-refractivity contribution in [2.75, 3.05) is 49.5 Å². The number of piperidine rings is 3. The Morgan fingerprint density at radius 3 is 2.51 bits per heavy atom. The Kier molecular flexibility index (Phi) is 11.9. The van der Waals surface area contributed by atoms with E-state index in [4.69, 9.17) is 4.74 Å². The number of phenols is 1. The topological polar surface area (TPSA) is 182 Å². The number of ether oxygens (including phenoxy) is 1. The highest BCUT2D eigenvalue weighted by Gasteiger charge is 2.45. The van der Waals surface area contributed by atoms with Crippen LogP contribution in [0.3, 0.4) is 0 Å². The molecule has 5 aliphatic rings. The minimum absolute atomic E-state index is 0.0260. The van der Waals surface area contributed by atoms with Crippen molar-refractivity contribution >= 4 is 63.7 Å². The second kappa shape index (κ2) is 17.8. The molecule has 0 bridgehead atoms. The number of rotatable bonds is 12. The number of nitrogens with one attached hydrogen (secondary N) is 2. The number of phenolic OH excluding ortho intramolecular Hbond substituents is 1. The number of hydrogen-bond donors (Lipinski definition) is 3. The standard InChI is InChI=1S/C46H46FN7O8S/c47-30-6-10-37(55)35(23-30)40(42(58)50-46-48-16-22-63-46)53-26-29-4-1-3-28(39(29)45(53)61)5-2-21-62-32-14-17-51(18-15-32)25-27-12-19-52(20-13-27)31-7-8-33-34(24-31)44(60)54(43(33)59)36-9-11-38(56)49-41(36)57/h1-8,10,16,22-24,27,32,36,40,55H,9,11-15,17-21,25-26H2,(H,48,50,58)(H,49,56,57)/b5-2+. The van der Waals surface area contributed by atoms with Gasteiger partial charge in [0.2, 0.25) is 11.8 Å². The van der Waals surface area contributed by atoms with E-state index in [0.717, 1.165) is 81.1 Å². The van der Waals surface area contributed by atoms with Crippen LogP contribution in [0.1, 0.15) is 92.3 Å². The molecular formula is C46H46FN7O8S. The molecule has 3 N–H and O–H groups in total. The maximum Gasteiger partial charge on any atom is 0.262 e. The van der Waals surface area contributed by atoms with Crippen LogP contribution >= 0.6 is 11.3 Å². The number of carbonyl (C=O) groups is 6. The molecule has 0 radical (unpaired) electrons. The van der Waals surface area contributed by atoms with E-state index in [2.05, 4.69) is 25.4 Å². The van der Waals surface area contributed by atoms with Crippen molar-refractivity contribution in [1.29, 1.82) is 0 Å². The van der Waals surface area contributed by atoms with Gasteiger partial charge in [0.05, 0.1) is 29.4 Å². The summed E-state index contributed by atoms with van der Waals surface area (Å²) in [7, 11) is 0. The highest BCUT2D eigenvalue weighted by atomic mass is 32.1. The van der Waals surface area contributed by atoms with Gasteiger partial charge in [-0.15, -0.1) is 11.3 Å². The number of fused-ring (bicyclic) bond motifs is 2. The second-order valence-electron chi connectivity index (χ2n) is 16.6. The van der Waals surface area contributed by atoms with Crippen LogP contribution < -0.4 is 15.5 Å². The maximum absolute atomic E-state index is 14.4. The third kappa shape index (κ3) is 8.60. The van der Waals surface area contributed by atoms with Crippen LogP contribution in [0.2, 0.25) is 0 Å². The van der Waals surface area contributed by atoms with Crippen molar-refractivity contribution in [3.05, 3.63) is 111 Å². The van der Waals surface area contributed by atoms with Crippen LogP contribution in [0, 0.1) is 11.7 Å². The number of nitrogens with zero attached hydrogens (tertiary/aromatic N) is 5. The summed E-state index contributed by atoms with van der Waals surface area (Å²) in [5.41, 5.74) is 3.24. The van der Waals surface area contributed by atoms with Crippen LogP contribution in [-0.2, 0) is 25.7 Å². The summed E-state index contributed by atoms with van der Waals surface area (Å²) in [6, 6.07) is 11.8. The zero-order valence-corrected chi connectivity index (χ0v) is 35.2. The molecular weight excluding hydrogens is 830 g/mol. The van der Waals surface area contributed by atoms with Gasteiger partial charge in [-0.25, -0.2) is 9.37 Å². The summed E-state index contributed by atoms with van der Waals surface area (Å²) in [6.07, 6.45) is 9.35. The number of aromatic nitrogens is 1. The Morgan fingerprint density at radius 1 is 0.952 bits per heavy atom. The van der Waals surface area contributed by atoms with Crippen molar-refractivity contribution in [2.45, 2.75) is 63.3 Å². The predicted octanol–water partition coefficient (Wildman–Crippen LogP) is 5.14. The molecule has 3 saturated heterocycles. The number of carbonyl (C=O) groups excluding carboxylic acids is 6. The molecule has 0 saturated carbocycles. The van der Waals surface area contributed by atoms with Crippen molar-refractivity contribution in [1.82, 2.24) is 25.0 Å². The van der Waals surface area contributed by atoms with Crippen LogP contribution in [0.4, 0.5) is 15.2 Å². The van der Waals surface area contributed by atoms with Gasteiger partial charge in [0.15, 0.2) is 5.13 Å². The summed E-state index contributed by atoms with van der Waals surface area (Å²) in [6.45, 7) is 4.93. The lowest BCUT2D eigenvalue weighted by Gasteiger charge is -2.38. The largest absolute Gasteiger partial charge is 0.508 e. The summed E-state index contributed by atoms with van der Waals surface area (Å²) < 4.78 is 20.7. The number of anilines is 2. The van der Waals surface area contributed by atoms with Gasteiger partial charge in [-0.05, 0) is 85.5 Å². The molecule has 6 amide bonds. The molecule has 63 heavy (non-hydrogen) atoms. The first-order valence-electron chi connectivity index (χ1n) is 21.2. The number of hydrogen-bond acceptors (Lipinski definition) is 12. The quantitative estimate of drug-likeness (QED) is 0.161. The minimum atomic E-state index is -1.32. The fourth-order valence-corrected chi connectivity index (χ4v) is 9.96. The number of aromatic hydroxyl groups is 1. The van der Waals surface area contributed by atoms with Gasteiger partial charge >= 0.3 is 0 Å². The van der Waals surface area contributed by atoms with Gasteiger partial charge in [-0.3, -0.25) is 44.3 Å². The van der Waals surface area contributed by atoms with Crippen LogP contribution in [0.25, 0.3) is 6.08 Å². The van der Waals surface area contributed by atoms with Gasteiger partial charge in [0.1, 0.15) is 23.7 Å². The molecule has 1 aromatic heterocycles. The zero-order chi connectivity index (χ0) is 43.8. The summed E-state index contributed by atoms with van der Waals surface area (Å²) in [5.74, 6) is -3.49. The molecule has 0 aliphatic carbocycles. The van der Waals surface area contributed by atoms with E-state index in [9.17, 15) is 38.3 Å². The van der Waals surface area contributed by atoms with E-state index in [1.165, 1.54) is 28.5 Å². The highest BCUT2D eigenvalue weighted by molar-refractivity contribution is 7.13. The Bertz CT molecular complexity index is 2500. The molecule has 17 heteroatoms. The van der Waals surface area contributed by atoms with Crippen LogP contribution in [-0.4, -0.2) is 112 Å². The minimum Gasteiger partial charge on any atom is -0.508 e. The number of thiazole rings is 1. The van der Waals surface area contributed by atoms with Crippen LogP contribution in [0.15, 0.2) is 72.3 Å². The molecule has 2 atom stereocenters. The lowest BCUT2D eigenvalue weighted by atomic mass is 9.94. The molecule has 5 aliphatic heterocycles. The number of halogens is 1. The first-order valence-corrected chi connectivity index (χ1v) is 22.1. The third-order valence-corrected chi connectivity index (χ3v) is 13.4. The molecule has 3 aromatic carbocycles. The smallest absolute Gasteiger partial charge is 0.262 e. The molecule has 6 heterocycles. The van der Waals surface area contributed by atoms with Gasteiger partial charge < -0.3 is 24.5 Å². The van der Waals surface area contributed by atoms with E-state index in [-0.39, 0.29) is 42.4 Å². The fourth-order valence-electron chi connectivity index (χ4n) is 9.43. The molecule has 9 rings (SSSR count). The average molecular weight is 876 g/mol. The van der Waals surface area contributed by atoms with Crippen LogP contribution in [0.5, 0.6) is 5.75 Å². The van der Waals surface area contributed by atoms with Crippen molar-refractivity contribution in [3.8, 4) is 5.75 Å². The molecule has 326 valence electrons.